The molecule has 0 amide bonds. The molecule has 6 aromatic rings. The van der Waals surface area contributed by atoms with Gasteiger partial charge in [0.15, 0.2) is 17.5 Å². The molecule has 270 valence electrons. The minimum atomic E-state index is -0.125. The Morgan fingerprint density at radius 2 is 0.887 bits per heavy atom. The van der Waals surface area contributed by atoms with Crippen molar-refractivity contribution in [1.29, 1.82) is 0 Å². The van der Waals surface area contributed by atoms with E-state index in [2.05, 4.69) is 45.6 Å². The average molecular weight is 714 g/mol. The van der Waals surface area contributed by atoms with Crippen LogP contribution in [0.4, 0.5) is 45.9 Å². The Balaban J connectivity index is 0.000000178. The number of aromatic nitrogens is 3. The van der Waals surface area contributed by atoms with Crippen LogP contribution < -0.4 is 9.80 Å². The van der Waals surface area contributed by atoms with Crippen molar-refractivity contribution in [3.63, 3.8) is 0 Å². The fourth-order valence-corrected chi connectivity index (χ4v) is 4.01. The maximum atomic E-state index is 9.86. The van der Waals surface area contributed by atoms with E-state index in [1.165, 1.54) is 18.2 Å². The minimum absolute atomic E-state index is 0.0192. The Labute approximate surface area is 306 Å². The van der Waals surface area contributed by atoms with Crippen molar-refractivity contribution in [3.8, 4) is 23.0 Å². The first-order chi connectivity index (χ1) is 25.5. The van der Waals surface area contributed by atoms with Crippen molar-refractivity contribution in [3.05, 3.63) is 127 Å². The second-order valence-electron chi connectivity index (χ2n) is 11.5. The monoisotopic (exact) mass is 713 g/mol. The van der Waals surface area contributed by atoms with E-state index < -0.39 is 0 Å². The number of hydrogen-bond acceptors (Lipinski definition) is 15. The molecule has 0 unspecified atom stereocenters. The standard InChI is InChI=1S/C14H16N4O.C13H14N4O.C11H9N3O2/c1-10-4-7-14(15-9-10)17-16-12-6-5-11(18(2)3)8-13(12)19;1-17(2)10-6-7-11(12(18)9-10)15-16-13-5-3-4-8-14-13;15-8-4-5-9(10(16)7-8)13-14-11-3-1-2-6-12-11/h4-9,19H,1-3H3;3-9,18H,1-2H3;1-7,15-16H. The molecule has 15 heteroatoms. The number of phenolic OH excluding ortho intramolecular Hbond substituents is 4. The molecule has 0 spiro atoms. The number of anilines is 2. The van der Waals surface area contributed by atoms with Crippen LogP contribution >= 0.6 is 0 Å². The van der Waals surface area contributed by atoms with Gasteiger partial charge < -0.3 is 30.2 Å². The van der Waals surface area contributed by atoms with Gasteiger partial charge in [0.2, 0.25) is 0 Å². The lowest BCUT2D eigenvalue weighted by molar-refractivity contribution is 0.451. The first-order valence-corrected chi connectivity index (χ1v) is 16.0. The predicted molar refractivity (Wildman–Crippen MR) is 205 cm³/mol. The van der Waals surface area contributed by atoms with Crippen LogP contribution in [0, 0.1) is 6.92 Å². The summed E-state index contributed by atoms with van der Waals surface area (Å²) in [6, 6.07) is 28.9. The molecule has 0 aliphatic carbocycles. The first-order valence-electron chi connectivity index (χ1n) is 16.0. The van der Waals surface area contributed by atoms with Crippen molar-refractivity contribution in [2.75, 3.05) is 38.0 Å². The Morgan fingerprint density at radius 1 is 0.453 bits per heavy atom. The molecule has 4 N–H and O–H groups in total. The zero-order valence-corrected chi connectivity index (χ0v) is 29.8. The van der Waals surface area contributed by atoms with Crippen LogP contribution in [-0.2, 0) is 0 Å². The van der Waals surface area contributed by atoms with Crippen LogP contribution in [-0.4, -0.2) is 63.6 Å². The minimum Gasteiger partial charge on any atom is -0.508 e. The number of phenols is 4. The normalized spacial score (nSPS) is 10.8. The summed E-state index contributed by atoms with van der Waals surface area (Å²) >= 11 is 0. The molecule has 53 heavy (non-hydrogen) atoms. The van der Waals surface area contributed by atoms with Crippen molar-refractivity contribution in [1.82, 2.24) is 15.0 Å². The number of azo groups is 3. The van der Waals surface area contributed by atoms with E-state index in [0.29, 0.717) is 28.8 Å². The van der Waals surface area contributed by atoms with E-state index in [-0.39, 0.29) is 28.7 Å². The fraction of sp³-hybridized carbons (Fsp3) is 0.132. The third-order valence-corrected chi connectivity index (χ3v) is 6.88. The second kappa shape index (κ2) is 19.2. The maximum absolute atomic E-state index is 9.86. The lowest BCUT2D eigenvalue weighted by Crippen LogP contribution is -2.07. The van der Waals surface area contributed by atoms with E-state index >= 15 is 0 Å². The highest BCUT2D eigenvalue weighted by atomic mass is 16.3. The Hall–Kier alpha value is -7.29. The molecule has 0 bridgehead atoms. The van der Waals surface area contributed by atoms with Crippen molar-refractivity contribution < 1.29 is 20.4 Å². The van der Waals surface area contributed by atoms with E-state index in [9.17, 15) is 15.3 Å². The molecule has 0 fully saturated rings. The molecule has 0 saturated heterocycles. The van der Waals surface area contributed by atoms with Crippen LogP contribution in [0.3, 0.4) is 0 Å². The van der Waals surface area contributed by atoms with Gasteiger partial charge in [0, 0.05) is 76.4 Å². The summed E-state index contributed by atoms with van der Waals surface area (Å²) in [5.74, 6) is 1.53. The van der Waals surface area contributed by atoms with Gasteiger partial charge in [-0.15, -0.1) is 30.7 Å². The van der Waals surface area contributed by atoms with Gasteiger partial charge in [0.1, 0.15) is 40.1 Å². The Morgan fingerprint density at radius 3 is 1.25 bits per heavy atom. The van der Waals surface area contributed by atoms with Crippen LogP contribution in [0.1, 0.15) is 5.56 Å². The number of benzene rings is 3. The number of rotatable bonds is 8. The summed E-state index contributed by atoms with van der Waals surface area (Å²) in [5, 5.41) is 61.8. The molecular weight excluding hydrogens is 674 g/mol. The molecule has 3 aromatic carbocycles. The fourth-order valence-electron chi connectivity index (χ4n) is 4.01. The van der Waals surface area contributed by atoms with Gasteiger partial charge in [-0.1, -0.05) is 18.2 Å². The van der Waals surface area contributed by atoms with Gasteiger partial charge in [0.05, 0.1) is 0 Å². The SMILES string of the molecule is CN(C)c1ccc(N=Nc2ccccn2)c(O)c1.Cc1ccc(N=Nc2ccc(N(C)C)cc2O)nc1.Oc1ccc(N=Nc2ccccn2)c(O)c1. The van der Waals surface area contributed by atoms with Crippen molar-refractivity contribution >= 4 is 45.9 Å². The largest absolute Gasteiger partial charge is 0.508 e. The van der Waals surface area contributed by atoms with Gasteiger partial charge in [-0.25, -0.2) is 15.0 Å². The number of nitrogens with zero attached hydrogens (tertiary/aromatic N) is 11. The lowest BCUT2D eigenvalue weighted by Gasteiger charge is -2.12. The topological polar surface area (TPSA) is 200 Å². The smallest absolute Gasteiger partial charge is 0.174 e. The quantitative estimate of drug-likeness (QED) is 0.111. The summed E-state index contributed by atoms with van der Waals surface area (Å²) < 4.78 is 0. The Kier molecular flexibility index (Phi) is 13.9. The lowest BCUT2D eigenvalue weighted by atomic mass is 10.2. The average Bonchev–Trinajstić information content (AvgIpc) is 3.15. The highest BCUT2D eigenvalue weighted by Crippen LogP contribution is 2.33. The highest BCUT2D eigenvalue weighted by Gasteiger charge is 2.05. The van der Waals surface area contributed by atoms with Gasteiger partial charge in [0.25, 0.3) is 0 Å². The predicted octanol–water partition coefficient (Wildman–Crippen LogP) is 9.75. The third-order valence-electron chi connectivity index (χ3n) is 6.88. The molecule has 0 saturated carbocycles. The van der Waals surface area contributed by atoms with Gasteiger partial charge in [-0.05, 0) is 79.2 Å². The first kappa shape index (κ1) is 38.5. The molecule has 0 aliphatic heterocycles. The molecule has 0 aliphatic rings. The second-order valence-corrected chi connectivity index (χ2v) is 11.5. The summed E-state index contributed by atoms with van der Waals surface area (Å²) in [6.45, 7) is 1.96. The summed E-state index contributed by atoms with van der Waals surface area (Å²) in [4.78, 5) is 15.9. The molecule has 3 aromatic heterocycles. The Bertz CT molecular complexity index is 2140. The third kappa shape index (κ3) is 12.5. The summed E-state index contributed by atoms with van der Waals surface area (Å²) in [7, 11) is 7.63. The number of hydrogen-bond donors (Lipinski definition) is 4. The van der Waals surface area contributed by atoms with E-state index in [4.69, 9.17) is 5.11 Å². The zero-order chi connectivity index (χ0) is 38.2. The van der Waals surface area contributed by atoms with Crippen LogP contribution in [0.25, 0.3) is 0 Å². The summed E-state index contributed by atoms with van der Waals surface area (Å²) in [5.41, 5.74) is 4.01. The van der Waals surface area contributed by atoms with Gasteiger partial charge in [-0.3, -0.25) is 0 Å². The number of aromatic hydroxyl groups is 4. The number of pyridine rings is 3. The molecule has 15 nitrogen and oxygen atoms in total. The number of aryl methyl sites for hydroxylation is 1. The van der Waals surface area contributed by atoms with Crippen molar-refractivity contribution in [2.45, 2.75) is 6.92 Å². The molecule has 6 rings (SSSR count). The van der Waals surface area contributed by atoms with Gasteiger partial charge in [-0.2, -0.15) is 0 Å². The molecule has 3 heterocycles. The van der Waals surface area contributed by atoms with E-state index in [1.54, 1.807) is 73.2 Å². The van der Waals surface area contributed by atoms with Crippen molar-refractivity contribution in [2.24, 2.45) is 30.7 Å². The van der Waals surface area contributed by atoms with Crippen LogP contribution in [0.15, 0.2) is 152 Å². The van der Waals surface area contributed by atoms with Gasteiger partial charge >= 0.3 is 0 Å². The van der Waals surface area contributed by atoms with E-state index in [0.717, 1.165) is 16.9 Å². The molecule has 0 atom stereocenters. The van der Waals surface area contributed by atoms with Crippen LogP contribution in [0.2, 0.25) is 0 Å². The molecule has 0 radical (unpaired) electrons. The maximum Gasteiger partial charge on any atom is 0.174 e. The summed E-state index contributed by atoms with van der Waals surface area (Å²) in [6.07, 6.45) is 4.97. The van der Waals surface area contributed by atoms with E-state index in [1.807, 2.05) is 75.2 Å². The molecular formula is C38H39N11O4. The van der Waals surface area contributed by atoms with Crippen LogP contribution in [0.5, 0.6) is 23.0 Å². The zero-order valence-electron chi connectivity index (χ0n) is 29.8. The highest BCUT2D eigenvalue weighted by molar-refractivity contribution is 5.61.